The van der Waals surface area contributed by atoms with Gasteiger partial charge in [0.15, 0.2) is 0 Å². The first-order valence-corrected chi connectivity index (χ1v) is 8.53. The number of anilines is 1. The Morgan fingerprint density at radius 1 is 1.57 bits per heavy atom. The molecule has 0 bridgehead atoms. The maximum Gasteiger partial charge on any atom is 0.343 e. The van der Waals surface area contributed by atoms with Crippen molar-refractivity contribution in [2.45, 2.75) is 6.42 Å². The molecule has 1 unspecified atom stereocenters. The molecule has 0 N–H and O–H groups in total. The van der Waals surface area contributed by atoms with Crippen molar-refractivity contribution in [1.29, 1.82) is 0 Å². The molecule has 1 aliphatic heterocycles. The van der Waals surface area contributed by atoms with Gasteiger partial charge in [-0.2, -0.15) is 5.10 Å². The van der Waals surface area contributed by atoms with Crippen molar-refractivity contribution in [3.63, 3.8) is 0 Å². The molecule has 0 saturated carbocycles. The summed E-state index contributed by atoms with van der Waals surface area (Å²) in [5, 5.41) is 3.94. The van der Waals surface area contributed by atoms with Crippen molar-refractivity contribution < 1.29 is 22.7 Å². The predicted molar refractivity (Wildman–Crippen MR) is 74.6 cm³/mol. The number of esters is 1. The number of aromatic nitrogens is 2. The Balaban J connectivity index is 2.29. The van der Waals surface area contributed by atoms with E-state index in [-0.39, 0.29) is 30.2 Å². The molecule has 2 heterocycles. The maximum absolute atomic E-state index is 12.1. The van der Waals surface area contributed by atoms with Crippen molar-refractivity contribution in [2.75, 3.05) is 24.3 Å². The number of carbonyl (C=O) groups is 2. The van der Waals surface area contributed by atoms with Crippen LogP contribution in [-0.4, -0.2) is 49.5 Å². The number of rotatable bonds is 4. The van der Waals surface area contributed by atoms with Crippen molar-refractivity contribution in [1.82, 2.24) is 9.78 Å². The van der Waals surface area contributed by atoms with E-state index in [0.717, 1.165) is 0 Å². The van der Waals surface area contributed by atoms with Crippen LogP contribution < -0.4 is 4.90 Å². The Morgan fingerprint density at radius 2 is 2.24 bits per heavy atom. The number of carbonyl (C=O) groups excluding carboxylic acids is 2. The number of ether oxygens (including phenoxy) is 1. The van der Waals surface area contributed by atoms with Crippen molar-refractivity contribution in [2.24, 2.45) is 13.0 Å². The van der Waals surface area contributed by atoms with Crippen LogP contribution in [0.1, 0.15) is 16.8 Å². The first-order chi connectivity index (χ1) is 9.73. The Bertz CT molecular complexity index is 684. The quantitative estimate of drug-likeness (QED) is 0.573. The molecule has 2 rings (SSSR count). The average molecular weight is 336 g/mol. The zero-order valence-corrected chi connectivity index (χ0v) is 13.0. The van der Waals surface area contributed by atoms with E-state index in [1.165, 1.54) is 22.9 Å². The molecular formula is C11H14ClN3O5S. The van der Waals surface area contributed by atoms with E-state index in [0.29, 0.717) is 5.82 Å². The molecular weight excluding hydrogens is 322 g/mol. The molecule has 8 nitrogen and oxygen atoms in total. The summed E-state index contributed by atoms with van der Waals surface area (Å²) in [5.41, 5.74) is 0.155. The molecule has 116 valence electrons. The molecule has 1 saturated heterocycles. The van der Waals surface area contributed by atoms with Crippen LogP contribution in [0.5, 0.6) is 0 Å². The van der Waals surface area contributed by atoms with Gasteiger partial charge in [-0.05, 0) is 0 Å². The van der Waals surface area contributed by atoms with Gasteiger partial charge in [-0.3, -0.25) is 14.4 Å². The van der Waals surface area contributed by atoms with Crippen LogP contribution in [0.25, 0.3) is 0 Å². The lowest BCUT2D eigenvalue weighted by atomic mass is 10.1. The summed E-state index contributed by atoms with van der Waals surface area (Å²) >= 11 is 0. The zero-order valence-electron chi connectivity index (χ0n) is 11.4. The third-order valence-corrected chi connectivity index (χ3v) is 4.46. The molecule has 0 radical (unpaired) electrons. The van der Waals surface area contributed by atoms with E-state index < -0.39 is 20.9 Å². The molecule has 0 aromatic carbocycles. The van der Waals surface area contributed by atoms with E-state index in [2.05, 4.69) is 9.84 Å². The summed E-state index contributed by atoms with van der Waals surface area (Å²) in [5.74, 6) is -1.31. The lowest BCUT2D eigenvalue weighted by Crippen LogP contribution is -2.29. The minimum absolute atomic E-state index is 0.0533. The van der Waals surface area contributed by atoms with Crippen molar-refractivity contribution in [3.8, 4) is 0 Å². The zero-order chi connectivity index (χ0) is 15.8. The van der Waals surface area contributed by atoms with E-state index in [4.69, 9.17) is 10.7 Å². The van der Waals surface area contributed by atoms with Crippen LogP contribution in [0.2, 0.25) is 0 Å². The molecule has 1 aromatic heterocycles. The van der Waals surface area contributed by atoms with Crippen molar-refractivity contribution in [3.05, 3.63) is 11.8 Å². The second-order valence-corrected chi connectivity index (χ2v) is 7.60. The number of hydrogen-bond acceptors (Lipinski definition) is 6. The summed E-state index contributed by atoms with van der Waals surface area (Å²) in [7, 11) is 4.35. The number of halogens is 1. The van der Waals surface area contributed by atoms with Gasteiger partial charge in [-0.15, -0.1) is 0 Å². The fourth-order valence-electron chi connectivity index (χ4n) is 2.38. The van der Waals surface area contributed by atoms with Crippen LogP contribution in [0.4, 0.5) is 5.82 Å². The van der Waals surface area contributed by atoms with Gasteiger partial charge in [0.2, 0.25) is 15.0 Å². The van der Waals surface area contributed by atoms with Gasteiger partial charge in [0.25, 0.3) is 0 Å². The van der Waals surface area contributed by atoms with Gasteiger partial charge in [0.1, 0.15) is 11.4 Å². The highest BCUT2D eigenvalue weighted by Crippen LogP contribution is 2.29. The van der Waals surface area contributed by atoms with Crippen molar-refractivity contribution >= 4 is 37.4 Å². The van der Waals surface area contributed by atoms with Crippen LogP contribution in [0, 0.1) is 5.92 Å². The molecule has 1 atom stereocenters. The summed E-state index contributed by atoms with van der Waals surface area (Å²) in [6.07, 6.45) is 1.36. The normalized spacial score (nSPS) is 19.1. The third kappa shape index (κ3) is 3.35. The first-order valence-electron chi connectivity index (χ1n) is 6.06. The first kappa shape index (κ1) is 15.8. The molecule has 0 aliphatic carbocycles. The van der Waals surface area contributed by atoms with Crippen LogP contribution >= 0.6 is 10.7 Å². The maximum atomic E-state index is 12.1. The van der Waals surface area contributed by atoms with Crippen LogP contribution in [0.15, 0.2) is 6.20 Å². The second-order valence-electron chi connectivity index (χ2n) is 4.78. The van der Waals surface area contributed by atoms with Gasteiger partial charge in [-0.1, -0.05) is 0 Å². The highest BCUT2D eigenvalue weighted by molar-refractivity contribution is 8.13. The van der Waals surface area contributed by atoms with Gasteiger partial charge < -0.3 is 4.74 Å². The fourth-order valence-corrected chi connectivity index (χ4v) is 3.71. The number of nitrogens with zero attached hydrogens (tertiary/aromatic N) is 3. The van der Waals surface area contributed by atoms with Gasteiger partial charge in [0, 0.05) is 36.6 Å². The summed E-state index contributed by atoms with van der Waals surface area (Å²) in [4.78, 5) is 25.1. The van der Waals surface area contributed by atoms with E-state index in [9.17, 15) is 18.0 Å². The summed E-state index contributed by atoms with van der Waals surface area (Å²) in [6, 6.07) is 0. The van der Waals surface area contributed by atoms with E-state index in [1.54, 1.807) is 7.05 Å². The van der Waals surface area contributed by atoms with E-state index in [1.807, 2.05) is 0 Å². The number of aryl methyl sites for hydroxylation is 1. The largest absolute Gasteiger partial charge is 0.465 e. The average Bonchev–Trinajstić information content (AvgIpc) is 2.89. The topological polar surface area (TPSA) is 98.6 Å². The SMILES string of the molecule is COC(=O)c1cnn(C)c1N1CC(CS(=O)(=O)Cl)CC1=O. The Morgan fingerprint density at radius 3 is 2.81 bits per heavy atom. The second kappa shape index (κ2) is 5.64. The molecule has 0 spiro atoms. The Kier molecular flexibility index (Phi) is 4.24. The summed E-state index contributed by atoms with van der Waals surface area (Å²) in [6.45, 7) is 0.161. The Labute approximate surface area is 126 Å². The smallest absolute Gasteiger partial charge is 0.343 e. The third-order valence-electron chi connectivity index (χ3n) is 3.21. The number of hydrogen-bond donors (Lipinski definition) is 0. The standard InChI is InChI=1S/C11H14ClN3O5S/c1-14-10(8(4-13-14)11(17)20-2)15-5-7(3-9(15)16)6-21(12,18)19/h4,7H,3,5-6H2,1-2H3. The molecule has 1 fully saturated rings. The van der Waals surface area contributed by atoms with E-state index >= 15 is 0 Å². The minimum atomic E-state index is -3.69. The van der Waals surface area contributed by atoms with Gasteiger partial charge in [0.05, 0.1) is 19.1 Å². The lowest BCUT2D eigenvalue weighted by Gasteiger charge is -2.17. The molecule has 10 heteroatoms. The lowest BCUT2D eigenvalue weighted by molar-refractivity contribution is -0.117. The molecule has 21 heavy (non-hydrogen) atoms. The fraction of sp³-hybridized carbons (Fsp3) is 0.545. The highest BCUT2D eigenvalue weighted by Gasteiger charge is 2.36. The van der Waals surface area contributed by atoms with Crippen LogP contribution in [0.3, 0.4) is 0 Å². The number of amides is 1. The summed E-state index contributed by atoms with van der Waals surface area (Å²) < 4.78 is 28.3. The van der Waals surface area contributed by atoms with Gasteiger partial charge >= 0.3 is 5.97 Å². The highest BCUT2D eigenvalue weighted by atomic mass is 35.7. The Hall–Kier alpha value is -1.61. The molecule has 1 aromatic rings. The molecule has 1 amide bonds. The number of methoxy groups -OCH3 is 1. The van der Waals surface area contributed by atoms with Crippen LogP contribution in [-0.2, 0) is 25.6 Å². The molecule has 1 aliphatic rings. The van der Waals surface area contributed by atoms with Gasteiger partial charge in [-0.25, -0.2) is 13.2 Å². The monoisotopic (exact) mass is 335 g/mol. The minimum Gasteiger partial charge on any atom is -0.465 e. The predicted octanol–water partition coefficient (Wildman–Crippen LogP) is 0.128.